The molecule has 9 nitrogen and oxygen atoms in total. The second kappa shape index (κ2) is 8.99. The molecule has 32 heavy (non-hydrogen) atoms. The summed E-state index contributed by atoms with van der Waals surface area (Å²) in [5.41, 5.74) is 1.00. The molecular formula is C23H33N7O2. The number of benzene rings is 1. The standard InChI is InChI=1S/C23H33N7O2/c1-6-28-10-12-29(13-11-28)20(21-25-26-27-30(21)23(3,4)5)18-15-16-14-17(32-7-2)8-9-19(16)24-22(18)31/h8-9,14-15,20H,6-7,10-13H2,1-5H3,(H,24,31)/t20-/m1/s1. The Morgan fingerprint density at radius 3 is 2.53 bits per heavy atom. The number of aromatic nitrogens is 5. The Bertz CT molecular complexity index is 1120. The zero-order valence-corrected chi connectivity index (χ0v) is 19.6. The van der Waals surface area contributed by atoms with E-state index < -0.39 is 0 Å². The van der Waals surface area contributed by atoms with E-state index in [1.165, 1.54) is 0 Å². The van der Waals surface area contributed by atoms with E-state index in [1.54, 1.807) is 0 Å². The first kappa shape index (κ1) is 22.4. The van der Waals surface area contributed by atoms with Gasteiger partial charge in [-0.05, 0) is 68.9 Å². The number of hydrogen-bond acceptors (Lipinski definition) is 7. The quantitative estimate of drug-likeness (QED) is 0.630. The first-order valence-electron chi connectivity index (χ1n) is 11.4. The fraction of sp³-hybridized carbons (Fsp3) is 0.565. The van der Waals surface area contributed by atoms with Crippen LogP contribution in [-0.4, -0.2) is 74.3 Å². The number of nitrogens with zero attached hydrogens (tertiary/aromatic N) is 6. The second-order valence-corrected chi connectivity index (χ2v) is 9.23. The third-order valence-electron chi connectivity index (χ3n) is 6.04. The number of fused-ring (bicyclic) bond motifs is 1. The fourth-order valence-corrected chi connectivity index (χ4v) is 4.34. The zero-order valence-electron chi connectivity index (χ0n) is 19.6. The number of likely N-dealkylation sites (N-methyl/N-ethyl adjacent to an activating group) is 1. The van der Waals surface area contributed by atoms with Crippen LogP contribution in [0.2, 0.25) is 0 Å². The average molecular weight is 440 g/mol. The third-order valence-corrected chi connectivity index (χ3v) is 6.04. The Balaban J connectivity index is 1.85. The highest BCUT2D eigenvalue weighted by atomic mass is 16.5. The molecule has 0 radical (unpaired) electrons. The molecule has 2 aromatic heterocycles. The highest BCUT2D eigenvalue weighted by Gasteiger charge is 2.34. The van der Waals surface area contributed by atoms with Gasteiger partial charge in [-0.1, -0.05) is 6.92 Å². The summed E-state index contributed by atoms with van der Waals surface area (Å²) < 4.78 is 7.51. The molecule has 0 aliphatic carbocycles. The number of pyridine rings is 1. The SMILES string of the molecule is CCOc1ccc2[nH]c(=O)c([C@H](c3nnnn3C(C)(C)C)N3CCN(CC)CC3)cc2c1. The van der Waals surface area contributed by atoms with Crippen LogP contribution < -0.4 is 10.3 Å². The first-order valence-corrected chi connectivity index (χ1v) is 11.4. The summed E-state index contributed by atoms with van der Waals surface area (Å²) in [5, 5.41) is 13.6. The minimum absolute atomic E-state index is 0.118. The fourth-order valence-electron chi connectivity index (χ4n) is 4.34. The Hall–Kier alpha value is -2.78. The van der Waals surface area contributed by atoms with E-state index in [0.29, 0.717) is 18.0 Å². The number of piperazine rings is 1. The summed E-state index contributed by atoms with van der Waals surface area (Å²) in [4.78, 5) is 21.1. The van der Waals surface area contributed by atoms with Crippen molar-refractivity contribution in [2.24, 2.45) is 0 Å². The van der Waals surface area contributed by atoms with Gasteiger partial charge in [0, 0.05) is 42.6 Å². The Morgan fingerprint density at radius 2 is 1.88 bits per heavy atom. The predicted octanol–water partition coefficient (Wildman–Crippen LogP) is 2.40. The lowest BCUT2D eigenvalue weighted by molar-refractivity contribution is 0.105. The van der Waals surface area contributed by atoms with Crippen molar-refractivity contribution in [3.63, 3.8) is 0 Å². The molecule has 3 aromatic rings. The molecule has 172 valence electrons. The van der Waals surface area contributed by atoms with Gasteiger partial charge in [-0.3, -0.25) is 9.69 Å². The summed E-state index contributed by atoms with van der Waals surface area (Å²) in [6, 6.07) is 7.36. The van der Waals surface area contributed by atoms with Crippen LogP contribution in [0.25, 0.3) is 10.9 Å². The molecule has 1 aliphatic rings. The monoisotopic (exact) mass is 439 g/mol. The lowest BCUT2D eigenvalue weighted by atomic mass is 10.0. The average Bonchev–Trinajstić information content (AvgIpc) is 3.25. The summed E-state index contributed by atoms with van der Waals surface area (Å²) in [6.07, 6.45) is 0. The van der Waals surface area contributed by atoms with Gasteiger partial charge in [0.1, 0.15) is 11.8 Å². The molecule has 4 rings (SSSR count). The number of rotatable bonds is 6. The molecule has 1 fully saturated rings. The number of nitrogens with one attached hydrogen (secondary N) is 1. The second-order valence-electron chi connectivity index (χ2n) is 9.23. The Labute approximate surface area is 188 Å². The molecule has 0 saturated carbocycles. The van der Waals surface area contributed by atoms with Gasteiger partial charge in [0.25, 0.3) is 5.56 Å². The van der Waals surface area contributed by atoms with E-state index in [4.69, 9.17) is 4.74 Å². The van der Waals surface area contributed by atoms with E-state index >= 15 is 0 Å². The smallest absolute Gasteiger partial charge is 0.253 e. The van der Waals surface area contributed by atoms with E-state index in [9.17, 15) is 4.79 Å². The largest absolute Gasteiger partial charge is 0.494 e. The van der Waals surface area contributed by atoms with Crippen LogP contribution in [0.15, 0.2) is 29.1 Å². The van der Waals surface area contributed by atoms with Gasteiger partial charge in [-0.25, -0.2) is 4.68 Å². The van der Waals surface area contributed by atoms with Crippen molar-refractivity contribution in [1.82, 2.24) is 35.0 Å². The molecule has 9 heteroatoms. The Morgan fingerprint density at radius 1 is 1.12 bits per heavy atom. The van der Waals surface area contributed by atoms with Crippen LogP contribution in [-0.2, 0) is 5.54 Å². The van der Waals surface area contributed by atoms with Gasteiger partial charge in [-0.15, -0.1) is 5.10 Å². The molecule has 1 saturated heterocycles. The van der Waals surface area contributed by atoms with Crippen LogP contribution in [0.3, 0.4) is 0 Å². The number of tetrazole rings is 1. The molecule has 1 aromatic carbocycles. The maximum Gasteiger partial charge on any atom is 0.253 e. The number of ether oxygens (including phenoxy) is 1. The van der Waals surface area contributed by atoms with Gasteiger partial charge in [0.05, 0.1) is 12.1 Å². The van der Waals surface area contributed by atoms with Crippen LogP contribution in [0.5, 0.6) is 5.75 Å². The topological polar surface area (TPSA) is 92.2 Å². The summed E-state index contributed by atoms with van der Waals surface area (Å²) >= 11 is 0. The van der Waals surface area contributed by atoms with Crippen molar-refractivity contribution >= 4 is 10.9 Å². The van der Waals surface area contributed by atoms with E-state index in [2.05, 4.69) is 58.0 Å². The molecule has 1 atom stereocenters. The number of H-pyrrole nitrogens is 1. The number of aromatic amines is 1. The normalized spacial score (nSPS) is 17.0. The van der Waals surface area contributed by atoms with Crippen LogP contribution in [0, 0.1) is 0 Å². The molecule has 0 amide bonds. The van der Waals surface area contributed by atoms with Crippen molar-refractivity contribution < 1.29 is 4.74 Å². The molecule has 1 N–H and O–H groups in total. The van der Waals surface area contributed by atoms with E-state index in [1.807, 2.05) is 35.9 Å². The van der Waals surface area contributed by atoms with Crippen molar-refractivity contribution in [3.8, 4) is 5.75 Å². The molecule has 1 aliphatic heterocycles. The minimum Gasteiger partial charge on any atom is -0.494 e. The molecule has 0 bridgehead atoms. The lowest BCUT2D eigenvalue weighted by Crippen LogP contribution is -2.49. The first-order chi connectivity index (χ1) is 15.3. The van der Waals surface area contributed by atoms with Gasteiger partial charge < -0.3 is 14.6 Å². The van der Waals surface area contributed by atoms with Gasteiger partial charge in [0.2, 0.25) is 0 Å². The number of hydrogen-bond donors (Lipinski definition) is 1. The third kappa shape index (κ3) is 4.40. The van der Waals surface area contributed by atoms with E-state index in [-0.39, 0.29) is 17.1 Å². The van der Waals surface area contributed by atoms with Gasteiger partial charge >= 0.3 is 0 Å². The maximum atomic E-state index is 13.3. The highest BCUT2D eigenvalue weighted by molar-refractivity contribution is 5.80. The van der Waals surface area contributed by atoms with Crippen molar-refractivity contribution in [2.45, 2.75) is 46.2 Å². The summed E-state index contributed by atoms with van der Waals surface area (Å²) in [6.45, 7) is 15.5. The summed E-state index contributed by atoms with van der Waals surface area (Å²) in [5.74, 6) is 1.47. The van der Waals surface area contributed by atoms with Gasteiger partial charge in [0.15, 0.2) is 5.82 Å². The molecule has 0 spiro atoms. The van der Waals surface area contributed by atoms with Crippen LogP contribution in [0.1, 0.15) is 52.0 Å². The van der Waals surface area contributed by atoms with Gasteiger partial charge in [-0.2, -0.15) is 0 Å². The van der Waals surface area contributed by atoms with Crippen LogP contribution in [0.4, 0.5) is 0 Å². The maximum absolute atomic E-state index is 13.3. The Kier molecular flexibility index (Phi) is 6.30. The zero-order chi connectivity index (χ0) is 22.9. The van der Waals surface area contributed by atoms with Crippen molar-refractivity contribution in [3.05, 3.63) is 46.0 Å². The predicted molar refractivity (Wildman–Crippen MR) is 124 cm³/mol. The molecule has 0 unspecified atom stereocenters. The molecular weight excluding hydrogens is 406 g/mol. The van der Waals surface area contributed by atoms with Crippen LogP contribution >= 0.6 is 0 Å². The van der Waals surface area contributed by atoms with E-state index in [0.717, 1.165) is 49.4 Å². The van der Waals surface area contributed by atoms with Crippen molar-refractivity contribution in [1.29, 1.82) is 0 Å². The molecule has 3 heterocycles. The highest BCUT2D eigenvalue weighted by Crippen LogP contribution is 2.30. The van der Waals surface area contributed by atoms with Crippen molar-refractivity contribution in [2.75, 3.05) is 39.3 Å². The lowest BCUT2D eigenvalue weighted by Gasteiger charge is -2.39. The minimum atomic E-state index is -0.341. The summed E-state index contributed by atoms with van der Waals surface area (Å²) in [7, 11) is 0.